The molecule has 2 N–H and O–H groups in total. The summed E-state index contributed by atoms with van der Waals surface area (Å²) >= 11 is 0. The van der Waals surface area contributed by atoms with Crippen molar-refractivity contribution < 1.29 is 9.18 Å². The zero-order valence-corrected chi connectivity index (χ0v) is 11.9. The van der Waals surface area contributed by atoms with Crippen molar-refractivity contribution in [2.75, 3.05) is 10.6 Å². The van der Waals surface area contributed by atoms with Crippen LogP contribution in [0.15, 0.2) is 60.3 Å². The largest absolute Gasteiger partial charge is 0.358 e. The molecule has 0 aromatic heterocycles. The number of para-hydroxylation sites is 2. The van der Waals surface area contributed by atoms with E-state index in [1.807, 2.05) is 6.07 Å². The number of anilines is 2. The molecule has 0 heterocycles. The molecule has 2 aromatic carbocycles. The number of hydrogen-bond donors (Lipinski definition) is 2. The van der Waals surface area contributed by atoms with Crippen molar-refractivity contribution in [3.63, 3.8) is 0 Å². The van der Waals surface area contributed by atoms with Gasteiger partial charge >= 0.3 is 0 Å². The summed E-state index contributed by atoms with van der Waals surface area (Å²) in [5.41, 5.74) is 0.471. The number of nitriles is 2. The van der Waals surface area contributed by atoms with Gasteiger partial charge in [-0.15, -0.1) is 0 Å². The van der Waals surface area contributed by atoms with Crippen LogP contribution in [0.5, 0.6) is 0 Å². The topological polar surface area (TPSA) is 88.7 Å². The zero-order chi connectivity index (χ0) is 16.7. The van der Waals surface area contributed by atoms with E-state index in [2.05, 4.69) is 10.6 Å². The van der Waals surface area contributed by atoms with Gasteiger partial charge < -0.3 is 10.6 Å². The lowest BCUT2D eigenvalue weighted by Gasteiger charge is -2.07. The molecule has 0 aliphatic heterocycles. The number of nitrogens with zero attached hydrogens (tertiary/aromatic N) is 2. The molecule has 0 spiro atoms. The summed E-state index contributed by atoms with van der Waals surface area (Å²) in [7, 11) is 0. The Labute approximate surface area is 132 Å². The van der Waals surface area contributed by atoms with Gasteiger partial charge in [-0.05, 0) is 24.3 Å². The van der Waals surface area contributed by atoms with Crippen LogP contribution < -0.4 is 10.6 Å². The molecule has 0 fully saturated rings. The van der Waals surface area contributed by atoms with Crippen molar-refractivity contribution in [2.24, 2.45) is 0 Å². The zero-order valence-electron chi connectivity index (χ0n) is 11.9. The Balaban J connectivity index is 2.16. The van der Waals surface area contributed by atoms with Gasteiger partial charge in [-0.25, -0.2) is 4.39 Å². The first kappa shape index (κ1) is 15.7. The highest BCUT2D eigenvalue weighted by molar-refractivity contribution is 6.07. The van der Waals surface area contributed by atoms with E-state index in [1.54, 1.807) is 36.4 Å². The van der Waals surface area contributed by atoms with Crippen LogP contribution in [0.2, 0.25) is 0 Å². The number of carbonyl (C=O) groups excluding carboxylic acids is 1. The van der Waals surface area contributed by atoms with Gasteiger partial charge in [0.1, 0.15) is 23.5 Å². The average molecular weight is 306 g/mol. The first-order valence-electron chi connectivity index (χ1n) is 6.57. The minimum atomic E-state index is -0.695. The summed E-state index contributed by atoms with van der Waals surface area (Å²) in [6.07, 6.45) is 1.11. The van der Waals surface area contributed by atoms with Gasteiger partial charge in [-0.3, -0.25) is 4.79 Å². The van der Waals surface area contributed by atoms with Crippen molar-refractivity contribution in [3.8, 4) is 12.1 Å². The van der Waals surface area contributed by atoms with Crippen molar-refractivity contribution in [1.82, 2.24) is 0 Å². The summed E-state index contributed by atoms with van der Waals surface area (Å²) in [5, 5.41) is 23.1. The summed E-state index contributed by atoms with van der Waals surface area (Å²) in [4.78, 5) is 12.1. The lowest BCUT2D eigenvalue weighted by molar-refractivity contribution is -0.112. The molecule has 0 radical (unpaired) electrons. The molecule has 0 unspecified atom stereocenters. The monoisotopic (exact) mass is 306 g/mol. The molecule has 5 nitrogen and oxygen atoms in total. The molecule has 6 heteroatoms. The average Bonchev–Trinajstić information content (AvgIpc) is 2.57. The number of amides is 1. The normalized spacial score (nSPS) is 10.3. The molecule has 0 atom stereocenters. The molecular weight excluding hydrogens is 295 g/mol. The van der Waals surface area contributed by atoms with E-state index in [0.717, 1.165) is 6.20 Å². The van der Waals surface area contributed by atoms with Crippen LogP contribution in [0.4, 0.5) is 15.8 Å². The Morgan fingerprint density at radius 3 is 2.35 bits per heavy atom. The predicted octanol–water partition coefficient (Wildman–Crippen LogP) is 3.16. The summed E-state index contributed by atoms with van der Waals surface area (Å²) in [6.45, 7) is 0. The van der Waals surface area contributed by atoms with Gasteiger partial charge in [0.25, 0.3) is 5.91 Å². The van der Waals surface area contributed by atoms with Crippen molar-refractivity contribution in [3.05, 3.63) is 71.7 Å². The molecular formula is C17H11FN4O. The van der Waals surface area contributed by atoms with Crippen LogP contribution in [0.25, 0.3) is 0 Å². The van der Waals surface area contributed by atoms with Crippen LogP contribution in [0.3, 0.4) is 0 Å². The third-order valence-electron chi connectivity index (χ3n) is 2.91. The molecule has 23 heavy (non-hydrogen) atoms. The number of halogens is 1. The van der Waals surface area contributed by atoms with Crippen molar-refractivity contribution in [1.29, 1.82) is 10.5 Å². The van der Waals surface area contributed by atoms with Crippen LogP contribution in [-0.2, 0) is 4.79 Å². The van der Waals surface area contributed by atoms with Crippen LogP contribution >= 0.6 is 0 Å². The summed E-state index contributed by atoms with van der Waals surface area (Å²) < 4.78 is 13.5. The number of carbonyl (C=O) groups is 1. The third kappa shape index (κ3) is 3.93. The molecule has 0 aliphatic carbocycles. The van der Waals surface area contributed by atoms with E-state index >= 15 is 0 Å². The van der Waals surface area contributed by atoms with E-state index in [1.165, 1.54) is 18.2 Å². The van der Waals surface area contributed by atoms with E-state index in [-0.39, 0.29) is 16.8 Å². The molecule has 0 aliphatic rings. The Morgan fingerprint density at radius 1 is 1.04 bits per heavy atom. The number of hydrogen-bond acceptors (Lipinski definition) is 4. The quantitative estimate of drug-likeness (QED) is 0.671. The third-order valence-corrected chi connectivity index (χ3v) is 2.91. The smallest absolute Gasteiger partial charge is 0.267 e. The number of rotatable bonds is 4. The SMILES string of the molecule is N#C/C(=C/Nc1ccccc1F)C(=O)Nc1ccccc1C#N. The van der Waals surface area contributed by atoms with Crippen molar-refractivity contribution >= 4 is 17.3 Å². The highest BCUT2D eigenvalue weighted by Gasteiger charge is 2.11. The van der Waals surface area contributed by atoms with Gasteiger partial charge in [0.2, 0.25) is 0 Å². The molecule has 2 rings (SSSR count). The fourth-order valence-corrected chi connectivity index (χ4v) is 1.76. The van der Waals surface area contributed by atoms with E-state index in [4.69, 9.17) is 10.5 Å². The summed E-state index contributed by atoms with van der Waals surface area (Å²) in [5.74, 6) is -1.20. The van der Waals surface area contributed by atoms with Gasteiger partial charge in [-0.2, -0.15) is 10.5 Å². The standard InChI is InChI=1S/C17H11FN4O/c18-14-6-2-4-8-16(14)21-11-13(10-20)17(23)22-15-7-3-1-5-12(15)9-19/h1-8,11,21H,(H,22,23)/b13-11-. The van der Waals surface area contributed by atoms with Crippen LogP contribution in [0, 0.1) is 28.5 Å². The lowest BCUT2D eigenvalue weighted by atomic mass is 10.2. The molecule has 112 valence electrons. The molecule has 0 saturated carbocycles. The fourth-order valence-electron chi connectivity index (χ4n) is 1.76. The lowest BCUT2D eigenvalue weighted by Crippen LogP contribution is -2.15. The Hall–Kier alpha value is -3.64. The van der Waals surface area contributed by atoms with Gasteiger partial charge in [0, 0.05) is 6.20 Å². The maximum atomic E-state index is 13.5. The minimum absolute atomic E-state index is 0.144. The second-order valence-corrected chi connectivity index (χ2v) is 4.41. The Morgan fingerprint density at radius 2 is 1.70 bits per heavy atom. The van der Waals surface area contributed by atoms with Gasteiger partial charge in [0.15, 0.2) is 0 Å². The predicted molar refractivity (Wildman–Crippen MR) is 83.5 cm³/mol. The summed E-state index contributed by atoms with van der Waals surface area (Å²) in [6, 6.07) is 16.0. The molecule has 0 saturated heterocycles. The van der Waals surface area contributed by atoms with Gasteiger partial charge in [0.05, 0.1) is 16.9 Å². The first-order valence-corrected chi connectivity index (χ1v) is 6.57. The maximum absolute atomic E-state index is 13.5. The number of nitrogens with one attached hydrogen (secondary N) is 2. The minimum Gasteiger partial charge on any atom is -0.358 e. The van der Waals surface area contributed by atoms with Gasteiger partial charge in [-0.1, -0.05) is 24.3 Å². The Bertz CT molecular complexity index is 846. The Kier molecular flexibility index (Phi) is 5.06. The van der Waals surface area contributed by atoms with E-state index in [9.17, 15) is 9.18 Å². The second-order valence-electron chi connectivity index (χ2n) is 4.41. The highest BCUT2D eigenvalue weighted by atomic mass is 19.1. The fraction of sp³-hybridized carbons (Fsp3) is 0. The van der Waals surface area contributed by atoms with Crippen LogP contribution in [-0.4, -0.2) is 5.91 Å². The highest BCUT2D eigenvalue weighted by Crippen LogP contribution is 2.16. The van der Waals surface area contributed by atoms with E-state index < -0.39 is 11.7 Å². The van der Waals surface area contributed by atoms with E-state index in [0.29, 0.717) is 5.69 Å². The molecule has 2 aromatic rings. The second kappa shape index (κ2) is 7.39. The number of benzene rings is 2. The first-order chi connectivity index (χ1) is 11.2. The van der Waals surface area contributed by atoms with Crippen LogP contribution in [0.1, 0.15) is 5.56 Å². The maximum Gasteiger partial charge on any atom is 0.267 e. The van der Waals surface area contributed by atoms with Crippen molar-refractivity contribution in [2.45, 2.75) is 0 Å². The molecule has 0 bridgehead atoms. The molecule has 1 amide bonds.